The van der Waals surface area contributed by atoms with Gasteiger partial charge in [0.25, 0.3) is 11.6 Å². The molecule has 0 radical (unpaired) electrons. The number of nitro groups is 1. The molecule has 1 aromatic rings. The summed E-state index contributed by atoms with van der Waals surface area (Å²) in [5, 5.41) is 19.5. The predicted octanol–water partition coefficient (Wildman–Crippen LogP) is 2.42. The molecule has 1 fully saturated rings. The summed E-state index contributed by atoms with van der Waals surface area (Å²) in [6.45, 7) is 2.10. The molecular formula is C14H15N3O3. The van der Waals surface area contributed by atoms with Crippen molar-refractivity contribution in [2.75, 3.05) is 6.54 Å². The van der Waals surface area contributed by atoms with E-state index in [-0.39, 0.29) is 24.1 Å². The van der Waals surface area contributed by atoms with Gasteiger partial charge in [-0.3, -0.25) is 14.9 Å². The number of hydrogen-bond donors (Lipinski definition) is 0. The zero-order chi connectivity index (χ0) is 14.7. The summed E-state index contributed by atoms with van der Waals surface area (Å²) in [5.74, 6) is -0.227. The number of nitrogens with zero attached hydrogens (tertiary/aromatic N) is 3. The molecule has 0 bridgehead atoms. The summed E-state index contributed by atoms with van der Waals surface area (Å²) in [5.41, 5.74) is 0.921. The van der Waals surface area contributed by atoms with Gasteiger partial charge in [-0.2, -0.15) is 5.26 Å². The third kappa shape index (κ3) is 3.12. The quantitative estimate of drug-likeness (QED) is 0.608. The molecule has 1 saturated carbocycles. The van der Waals surface area contributed by atoms with Crippen LogP contribution in [0.3, 0.4) is 0 Å². The molecule has 20 heavy (non-hydrogen) atoms. The second kappa shape index (κ2) is 5.70. The van der Waals surface area contributed by atoms with Gasteiger partial charge in [-0.25, -0.2) is 0 Å². The van der Waals surface area contributed by atoms with E-state index in [4.69, 9.17) is 5.26 Å². The maximum absolute atomic E-state index is 12.5. The lowest BCUT2D eigenvalue weighted by Gasteiger charge is -2.21. The molecule has 1 aromatic carbocycles. The van der Waals surface area contributed by atoms with Gasteiger partial charge >= 0.3 is 0 Å². The smallest absolute Gasteiger partial charge is 0.270 e. The number of carbonyl (C=O) groups excluding carboxylic acids is 1. The molecule has 0 unspecified atom stereocenters. The number of rotatable bonds is 5. The van der Waals surface area contributed by atoms with Crippen LogP contribution in [0.5, 0.6) is 0 Å². The molecule has 104 valence electrons. The Balaban J connectivity index is 2.26. The van der Waals surface area contributed by atoms with Crippen LogP contribution in [-0.4, -0.2) is 28.3 Å². The van der Waals surface area contributed by atoms with Crippen molar-refractivity contribution in [3.05, 3.63) is 39.4 Å². The van der Waals surface area contributed by atoms with Crippen molar-refractivity contribution in [2.45, 2.75) is 32.2 Å². The van der Waals surface area contributed by atoms with E-state index >= 15 is 0 Å². The van der Waals surface area contributed by atoms with Crippen molar-refractivity contribution in [1.29, 1.82) is 5.26 Å². The fraction of sp³-hybridized carbons (Fsp3) is 0.429. The molecule has 0 atom stereocenters. The zero-order valence-electron chi connectivity index (χ0n) is 11.2. The van der Waals surface area contributed by atoms with Crippen LogP contribution in [0.25, 0.3) is 0 Å². The number of carbonyl (C=O) groups is 1. The van der Waals surface area contributed by atoms with Gasteiger partial charge in [0, 0.05) is 30.3 Å². The van der Waals surface area contributed by atoms with Gasteiger partial charge < -0.3 is 4.90 Å². The first-order valence-electron chi connectivity index (χ1n) is 6.47. The number of amides is 1. The summed E-state index contributed by atoms with van der Waals surface area (Å²) >= 11 is 0. The molecule has 0 aliphatic heterocycles. The topological polar surface area (TPSA) is 87.2 Å². The third-order valence-electron chi connectivity index (χ3n) is 3.23. The third-order valence-corrected chi connectivity index (χ3v) is 3.23. The minimum atomic E-state index is -0.499. The first-order valence-corrected chi connectivity index (χ1v) is 6.47. The average Bonchev–Trinajstić information content (AvgIpc) is 3.22. The zero-order valence-corrected chi connectivity index (χ0v) is 11.2. The first kappa shape index (κ1) is 14.0. The van der Waals surface area contributed by atoms with Gasteiger partial charge in [-0.1, -0.05) is 0 Å². The number of aryl methyl sites for hydroxylation is 1. The molecule has 1 amide bonds. The molecule has 1 aliphatic carbocycles. The van der Waals surface area contributed by atoms with Crippen molar-refractivity contribution < 1.29 is 9.72 Å². The highest BCUT2D eigenvalue weighted by atomic mass is 16.6. The molecule has 0 heterocycles. The Hall–Kier alpha value is -2.42. The van der Waals surface area contributed by atoms with Gasteiger partial charge in [0.05, 0.1) is 17.4 Å². The average molecular weight is 273 g/mol. The number of benzene rings is 1. The summed E-state index contributed by atoms with van der Waals surface area (Å²) < 4.78 is 0. The van der Waals surface area contributed by atoms with E-state index in [1.165, 1.54) is 12.1 Å². The summed E-state index contributed by atoms with van der Waals surface area (Å²) in [6, 6.07) is 6.59. The number of nitriles is 1. The predicted molar refractivity (Wildman–Crippen MR) is 72.1 cm³/mol. The maximum Gasteiger partial charge on any atom is 0.270 e. The molecule has 0 spiro atoms. The highest BCUT2D eigenvalue weighted by molar-refractivity contribution is 5.95. The van der Waals surface area contributed by atoms with E-state index in [0.717, 1.165) is 12.8 Å². The van der Waals surface area contributed by atoms with Crippen LogP contribution in [0.1, 0.15) is 35.2 Å². The van der Waals surface area contributed by atoms with Crippen molar-refractivity contribution in [3.8, 4) is 6.07 Å². The standard InChI is InChI=1S/C14H15N3O3/c1-10-7-11(9-13(8-10)17(19)20)14(18)16(6-2-5-15)12-3-4-12/h7-9,12H,2-4,6H2,1H3. The molecule has 6 heteroatoms. The number of nitro benzene ring substituents is 1. The van der Waals surface area contributed by atoms with Crippen molar-refractivity contribution in [3.63, 3.8) is 0 Å². The molecule has 2 rings (SSSR count). The number of non-ortho nitro benzene ring substituents is 1. The van der Waals surface area contributed by atoms with Crippen molar-refractivity contribution >= 4 is 11.6 Å². The summed E-state index contributed by atoms with van der Waals surface area (Å²) in [4.78, 5) is 24.5. The maximum atomic E-state index is 12.5. The second-order valence-corrected chi connectivity index (χ2v) is 4.95. The fourth-order valence-electron chi connectivity index (χ4n) is 2.16. The second-order valence-electron chi connectivity index (χ2n) is 4.95. The summed E-state index contributed by atoms with van der Waals surface area (Å²) in [6.07, 6.45) is 2.15. The van der Waals surface area contributed by atoms with Gasteiger partial charge in [0.15, 0.2) is 0 Å². The normalized spacial score (nSPS) is 13.6. The Labute approximate surface area is 116 Å². The molecule has 0 aromatic heterocycles. The van der Waals surface area contributed by atoms with Gasteiger partial charge in [0.1, 0.15) is 0 Å². The van der Waals surface area contributed by atoms with E-state index in [9.17, 15) is 14.9 Å². The summed E-state index contributed by atoms with van der Waals surface area (Å²) in [7, 11) is 0. The Morgan fingerprint density at radius 3 is 2.75 bits per heavy atom. The highest BCUT2D eigenvalue weighted by Gasteiger charge is 2.33. The minimum absolute atomic E-state index is 0.0793. The van der Waals surface area contributed by atoms with Crippen molar-refractivity contribution in [2.24, 2.45) is 0 Å². The van der Waals surface area contributed by atoms with Gasteiger partial charge in [0.2, 0.25) is 0 Å². The number of hydrogen-bond acceptors (Lipinski definition) is 4. The Morgan fingerprint density at radius 2 is 2.20 bits per heavy atom. The lowest BCUT2D eigenvalue weighted by molar-refractivity contribution is -0.384. The Kier molecular flexibility index (Phi) is 3.99. The lowest BCUT2D eigenvalue weighted by Crippen LogP contribution is -2.34. The Morgan fingerprint density at radius 1 is 1.50 bits per heavy atom. The van der Waals surface area contributed by atoms with E-state index < -0.39 is 4.92 Å². The monoisotopic (exact) mass is 273 g/mol. The molecule has 6 nitrogen and oxygen atoms in total. The van der Waals surface area contributed by atoms with Gasteiger partial charge in [-0.05, 0) is 31.4 Å². The van der Waals surface area contributed by atoms with Crippen LogP contribution in [0.2, 0.25) is 0 Å². The fourth-order valence-corrected chi connectivity index (χ4v) is 2.16. The van der Waals surface area contributed by atoms with Crippen molar-refractivity contribution in [1.82, 2.24) is 4.90 Å². The van der Waals surface area contributed by atoms with Crippen LogP contribution < -0.4 is 0 Å². The van der Waals surface area contributed by atoms with E-state index in [0.29, 0.717) is 17.7 Å². The van der Waals surface area contributed by atoms with Crippen LogP contribution in [-0.2, 0) is 0 Å². The van der Waals surface area contributed by atoms with Crippen LogP contribution in [0, 0.1) is 28.4 Å². The SMILES string of the molecule is Cc1cc(C(=O)N(CCC#N)C2CC2)cc([N+](=O)[O-])c1. The van der Waals surface area contributed by atoms with E-state index in [1.54, 1.807) is 17.9 Å². The molecule has 0 saturated heterocycles. The van der Waals surface area contributed by atoms with Crippen LogP contribution in [0.15, 0.2) is 18.2 Å². The first-order chi connectivity index (χ1) is 9.52. The molecular weight excluding hydrogens is 258 g/mol. The van der Waals surface area contributed by atoms with Crippen LogP contribution in [0.4, 0.5) is 5.69 Å². The molecule has 0 N–H and O–H groups in total. The van der Waals surface area contributed by atoms with Crippen LogP contribution >= 0.6 is 0 Å². The minimum Gasteiger partial charge on any atom is -0.335 e. The highest BCUT2D eigenvalue weighted by Crippen LogP contribution is 2.29. The van der Waals surface area contributed by atoms with E-state index in [1.807, 2.05) is 6.07 Å². The molecule has 1 aliphatic rings. The lowest BCUT2D eigenvalue weighted by atomic mass is 10.1. The van der Waals surface area contributed by atoms with Gasteiger partial charge in [-0.15, -0.1) is 0 Å². The Bertz CT molecular complexity index is 588. The van der Waals surface area contributed by atoms with E-state index in [2.05, 4.69) is 0 Å². The largest absolute Gasteiger partial charge is 0.335 e.